The van der Waals surface area contributed by atoms with E-state index >= 15 is 0 Å². The molecule has 0 fully saturated rings. The summed E-state index contributed by atoms with van der Waals surface area (Å²) in [6.45, 7) is 1.76. The number of nitrogens with one attached hydrogen (secondary N) is 1. The molecule has 0 unspecified atom stereocenters. The molecule has 0 saturated heterocycles. The summed E-state index contributed by atoms with van der Waals surface area (Å²) in [5, 5.41) is 9.68. The number of aromatic nitrogens is 2. The number of halogens is 1. The number of sulfonamides is 1. The molecule has 0 spiro atoms. The number of hydrogen-bond acceptors (Lipinski definition) is 7. The maximum Gasteiger partial charge on any atom is 0.265 e. The third-order valence-corrected chi connectivity index (χ3v) is 7.00. The molecule has 0 aliphatic rings. The predicted molar refractivity (Wildman–Crippen MR) is 116 cm³/mol. The molecule has 4 aromatic rings. The molecule has 2 aromatic carbocycles. The van der Waals surface area contributed by atoms with Crippen LogP contribution in [0.5, 0.6) is 5.75 Å². The molecule has 0 bridgehead atoms. The number of rotatable bonds is 5. The number of fused-ring (bicyclic) bond motifs is 1. The lowest BCUT2D eigenvalue weighted by Crippen LogP contribution is -2.15. The van der Waals surface area contributed by atoms with Gasteiger partial charge in [0.05, 0.1) is 18.4 Å². The number of anilines is 1. The van der Waals surface area contributed by atoms with Gasteiger partial charge in [0.15, 0.2) is 0 Å². The number of nitriles is 1. The maximum atomic E-state index is 13.7. The molecule has 0 radical (unpaired) electrons. The highest BCUT2D eigenvalue weighted by Crippen LogP contribution is 2.35. The van der Waals surface area contributed by atoms with Crippen LogP contribution in [0.4, 0.5) is 10.1 Å². The average Bonchev–Trinajstić information content (AvgIpc) is 3.18. The lowest BCUT2D eigenvalue weighted by molar-refractivity contribution is 0.401. The molecule has 0 atom stereocenters. The van der Waals surface area contributed by atoms with E-state index in [1.165, 1.54) is 30.7 Å². The first kappa shape index (κ1) is 20.7. The first-order valence-electron chi connectivity index (χ1n) is 8.95. The summed E-state index contributed by atoms with van der Waals surface area (Å²) in [5.41, 5.74) is 2.68. The Labute approximate surface area is 181 Å². The summed E-state index contributed by atoms with van der Waals surface area (Å²) < 4.78 is 47.1. The Hall–Kier alpha value is -3.55. The number of ether oxygens (including phenoxy) is 1. The molecular formula is C21H15FN4O3S2. The van der Waals surface area contributed by atoms with Crippen LogP contribution in [0, 0.1) is 24.1 Å². The first-order chi connectivity index (χ1) is 14.8. The van der Waals surface area contributed by atoms with Crippen molar-refractivity contribution >= 4 is 37.4 Å². The second-order valence-electron chi connectivity index (χ2n) is 6.56. The van der Waals surface area contributed by atoms with Crippen LogP contribution in [-0.4, -0.2) is 25.5 Å². The van der Waals surface area contributed by atoms with Gasteiger partial charge in [0.2, 0.25) is 0 Å². The van der Waals surface area contributed by atoms with E-state index in [2.05, 4.69) is 14.7 Å². The molecule has 0 amide bonds. The summed E-state index contributed by atoms with van der Waals surface area (Å²) in [5.74, 6) is -0.654. The van der Waals surface area contributed by atoms with Crippen molar-refractivity contribution in [3.05, 3.63) is 65.6 Å². The van der Waals surface area contributed by atoms with E-state index in [0.717, 1.165) is 12.1 Å². The smallest absolute Gasteiger partial charge is 0.265 e. The normalized spacial score (nSPS) is 11.3. The Balaban J connectivity index is 1.75. The van der Waals surface area contributed by atoms with Crippen LogP contribution in [0.3, 0.4) is 0 Å². The number of benzene rings is 2. The van der Waals surface area contributed by atoms with E-state index in [1.807, 2.05) is 12.1 Å². The highest BCUT2D eigenvalue weighted by Gasteiger charge is 2.22. The number of nitrogens with zero attached hydrogens (tertiary/aromatic N) is 3. The van der Waals surface area contributed by atoms with Crippen molar-refractivity contribution in [1.82, 2.24) is 9.97 Å². The van der Waals surface area contributed by atoms with E-state index < -0.39 is 15.8 Å². The van der Waals surface area contributed by atoms with Crippen molar-refractivity contribution < 1.29 is 17.5 Å². The predicted octanol–water partition coefficient (Wildman–Crippen LogP) is 4.49. The minimum atomic E-state index is -4.11. The molecule has 4 rings (SSSR count). The van der Waals surface area contributed by atoms with E-state index in [1.54, 1.807) is 25.1 Å². The van der Waals surface area contributed by atoms with Gasteiger partial charge >= 0.3 is 0 Å². The zero-order valence-electron chi connectivity index (χ0n) is 16.4. The van der Waals surface area contributed by atoms with Gasteiger partial charge in [-0.2, -0.15) is 5.26 Å². The van der Waals surface area contributed by atoms with E-state index in [4.69, 9.17) is 10.00 Å². The maximum absolute atomic E-state index is 13.7. The van der Waals surface area contributed by atoms with Gasteiger partial charge in [-0.3, -0.25) is 4.72 Å². The lowest BCUT2D eigenvalue weighted by Gasteiger charge is -2.14. The fourth-order valence-electron chi connectivity index (χ4n) is 3.04. The lowest BCUT2D eigenvalue weighted by atomic mass is 10.1. The Bertz CT molecular complexity index is 1460. The third-order valence-electron chi connectivity index (χ3n) is 4.60. The SMILES string of the molecule is COc1ccc(F)cc1S(=O)(=O)Nc1cccc(-c2nc3cc(C#N)cnc3s2)c1C. The van der Waals surface area contributed by atoms with Gasteiger partial charge in [-0.25, -0.2) is 22.8 Å². The minimum absolute atomic E-state index is 0.0354. The zero-order chi connectivity index (χ0) is 22.2. The van der Waals surface area contributed by atoms with Crippen molar-refractivity contribution in [1.29, 1.82) is 5.26 Å². The molecule has 156 valence electrons. The molecule has 1 N–H and O–H groups in total. The van der Waals surface area contributed by atoms with Crippen LogP contribution in [0.2, 0.25) is 0 Å². The minimum Gasteiger partial charge on any atom is -0.495 e. The van der Waals surface area contributed by atoms with E-state index in [-0.39, 0.29) is 10.6 Å². The monoisotopic (exact) mass is 454 g/mol. The van der Waals surface area contributed by atoms with Crippen LogP contribution in [0.15, 0.2) is 53.6 Å². The molecule has 31 heavy (non-hydrogen) atoms. The fraction of sp³-hybridized carbons (Fsp3) is 0.0952. The Kier molecular flexibility index (Phi) is 5.31. The third kappa shape index (κ3) is 3.93. The van der Waals surface area contributed by atoms with Gasteiger partial charge in [-0.05, 0) is 42.8 Å². The van der Waals surface area contributed by atoms with Crippen LogP contribution >= 0.6 is 11.3 Å². The van der Waals surface area contributed by atoms with Gasteiger partial charge in [0, 0.05) is 11.8 Å². The van der Waals surface area contributed by atoms with Gasteiger partial charge in [-0.15, -0.1) is 0 Å². The van der Waals surface area contributed by atoms with E-state index in [9.17, 15) is 12.8 Å². The van der Waals surface area contributed by atoms with Crippen molar-refractivity contribution in [2.24, 2.45) is 0 Å². The van der Waals surface area contributed by atoms with Crippen molar-refractivity contribution in [3.8, 4) is 22.4 Å². The van der Waals surface area contributed by atoms with E-state index in [0.29, 0.717) is 37.7 Å². The summed E-state index contributed by atoms with van der Waals surface area (Å²) in [6, 6.07) is 12.1. The quantitative estimate of drug-likeness (QED) is 0.476. The van der Waals surface area contributed by atoms with Crippen molar-refractivity contribution in [2.75, 3.05) is 11.8 Å². The Morgan fingerprint density at radius 2 is 2.03 bits per heavy atom. The highest BCUT2D eigenvalue weighted by molar-refractivity contribution is 7.92. The molecule has 10 heteroatoms. The molecule has 0 aliphatic carbocycles. The molecule has 0 saturated carbocycles. The van der Waals surface area contributed by atoms with Gasteiger partial charge in [0.1, 0.15) is 37.9 Å². The van der Waals surface area contributed by atoms with Gasteiger partial charge < -0.3 is 4.74 Å². The summed E-state index contributed by atoms with van der Waals surface area (Å²) in [6.07, 6.45) is 1.48. The number of thiazole rings is 1. The largest absolute Gasteiger partial charge is 0.495 e. The fourth-order valence-corrected chi connectivity index (χ4v) is 5.32. The second-order valence-corrected chi connectivity index (χ2v) is 9.19. The topological polar surface area (TPSA) is 105 Å². The summed E-state index contributed by atoms with van der Waals surface area (Å²) in [4.78, 5) is 9.17. The molecule has 0 aliphatic heterocycles. The first-order valence-corrected chi connectivity index (χ1v) is 11.3. The average molecular weight is 455 g/mol. The number of pyridine rings is 1. The second kappa shape index (κ2) is 7.94. The zero-order valence-corrected chi connectivity index (χ0v) is 18.0. The Morgan fingerprint density at radius 1 is 1.23 bits per heavy atom. The molecule has 2 aromatic heterocycles. The molecule has 7 nitrogen and oxygen atoms in total. The number of methoxy groups -OCH3 is 1. The van der Waals surface area contributed by atoms with Crippen LogP contribution in [0.1, 0.15) is 11.1 Å². The van der Waals surface area contributed by atoms with Crippen molar-refractivity contribution in [3.63, 3.8) is 0 Å². The van der Waals surface area contributed by atoms with Crippen LogP contribution in [-0.2, 0) is 10.0 Å². The molecule has 2 heterocycles. The van der Waals surface area contributed by atoms with Gasteiger partial charge in [-0.1, -0.05) is 23.5 Å². The van der Waals surface area contributed by atoms with Crippen LogP contribution < -0.4 is 9.46 Å². The summed E-state index contributed by atoms with van der Waals surface area (Å²) >= 11 is 1.34. The Morgan fingerprint density at radius 3 is 2.77 bits per heavy atom. The van der Waals surface area contributed by atoms with Crippen LogP contribution in [0.25, 0.3) is 20.9 Å². The number of hydrogen-bond donors (Lipinski definition) is 1. The highest BCUT2D eigenvalue weighted by atomic mass is 32.2. The van der Waals surface area contributed by atoms with Gasteiger partial charge in [0.25, 0.3) is 10.0 Å². The standard InChI is InChI=1S/C21H15FN4O3S2/c1-12-15(20-25-17-8-13(10-23)11-24-21(17)30-20)4-3-5-16(12)26-31(27,28)19-9-14(22)6-7-18(19)29-2/h3-9,11,26H,1-2H3. The summed E-state index contributed by atoms with van der Waals surface area (Å²) in [7, 11) is -2.80. The van der Waals surface area contributed by atoms with Crippen molar-refractivity contribution in [2.45, 2.75) is 11.8 Å². The molecular weight excluding hydrogens is 439 g/mol.